The Morgan fingerprint density at radius 3 is 1.24 bits per heavy atom. The molecular weight excluding hydrogens is 471 g/mol. The van der Waals surface area contributed by atoms with E-state index in [2.05, 4.69) is 28.9 Å². The molecule has 0 rings (SSSR count). The van der Waals surface area contributed by atoms with Crippen LogP contribution in [0.5, 0.6) is 0 Å². The van der Waals surface area contributed by atoms with Crippen molar-refractivity contribution >= 4 is 24.8 Å². The van der Waals surface area contributed by atoms with Gasteiger partial charge in [0.1, 0.15) is 0 Å². The lowest BCUT2D eigenvalue weighted by atomic mass is 10.1. The van der Waals surface area contributed by atoms with Gasteiger partial charge in [-0.2, -0.15) is 0 Å². The average molecular weight is 530 g/mol. The zero-order chi connectivity index (χ0) is 23.5. The van der Waals surface area contributed by atoms with Crippen molar-refractivity contribution in [3.8, 4) is 0 Å². The number of allylic oxidation sites excluding steroid dienone is 2. The molecule has 0 aromatic rings. The highest BCUT2D eigenvalue weighted by Crippen LogP contribution is 2.10. The lowest BCUT2D eigenvalue weighted by Crippen LogP contribution is -2.35. The molecule has 0 aromatic carbocycles. The summed E-state index contributed by atoms with van der Waals surface area (Å²) in [4.78, 5) is 4.45. The smallest absolute Gasteiger partial charge is 0.0558 e. The third-order valence-electron chi connectivity index (χ3n) is 6.18. The van der Waals surface area contributed by atoms with Gasteiger partial charge in [-0.1, -0.05) is 76.9 Å². The van der Waals surface area contributed by atoms with Crippen molar-refractivity contribution in [3.63, 3.8) is 0 Å². The zero-order valence-electron chi connectivity index (χ0n) is 22.2. The summed E-state index contributed by atoms with van der Waals surface area (Å²) >= 11 is 0. The van der Waals surface area contributed by atoms with Gasteiger partial charge in [0.05, 0.1) is 19.8 Å². The fourth-order valence-corrected chi connectivity index (χ4v) is 4.20. The van der Waals surface area contributed by atoms with Crippen LogP contribution in [-0.4, -0.2) is 84.2 Å². The normalized spacial score (nSPS) is 11.4. The Hall–Kier alpha value is 0.120. The number of aliphatic hydroxyl groups excluding tert-OH is 3. The minimum absolute atomic E-state index is 0. The van der Waals surface area contributed by atoms with Gasteiger partial charge in [-0.15, -0.1) is 24.8 Å². The minimum atomic E-state index is 0. The molecule has 0 aliphatic rings. The second-order valence-corrected chi connectivity index (χ2v) is 9.15. The Kier molecular flexibility index (Phi) is 37.6. The van der Waals surface area contributed by atoms with E-state index in [0.29, 0.717) is 13.1 Å². The molecule has 3 N–H and O–H groups in total. The lowest BCUT2D eigenvalue weighted by Gasteiger charge is -2.24. The first kappa shape index (κ1) is 38.6. The van der Waals surface area contributed by atoms with E-state index in [1.807, 2.05) is 0 Å². The molecule has 0 saturated carbocycles. The van der Waals surface area contributed by atoms with Crippen LogP contribution in [0.25, 0.3) is 0 Å². The van der Waals surface area contributed by atoms with Gasteiger partial charge in [0.25, 0.3) is 0 Å². The van der Waals surface area contributed by atoms with Crippen LogP contribution in [0.1, 0.15) is 103 Å². The average Bonchev–Trinajstić information content (AvgIpc) is 2.79. The summed E-state index contributed by atoms with van der Waals surface area (Å²) in [6.45, 7) is 7.65. The fourth-order valence-electron chi connectivity index (χ4n) is 4.20. The van der Waals surface area contributed by atoms with E-state index in [9.17, 15) is 5.11 Å². The Bertz CT molecular complexity index is 385. The Morgan fingerprint density at radius 1 is 0.441 bits per heavy atom. The molecule has 7 heteroatoms. The van der Waals surface area contributed by atoms with Gasteiger partial charge < -0.3 is 20.2 Å². The van der Waals surface area contributed by atoms with Gasteiger partial charge >= 0.3 is 0 Å². The molecule has 0 saturated heterocycles. The van der Waals surface area contributed by atoms with Crippen LogP contribution >= 0.6 is 24.8 Å². The molecule has 0 aliphatic heterocycles. The van der Waals surface area contributed by atoms with Crippen LogP contribution in [0.4, 0.5) is 0 Å². The number of nitrogens with zero attached hydrogens (tertiary/aromatic N) is 2. The SMILES string of the molecule is CCCCCCCC/C=C\CCCCCCCCN(CCO)CCCN(CCO)CCO.Cl.Cl. The highest BCUT2D eigenvalue weighted by Gasteiger charge is 2.07. The van der Waals surface area contributed by atoms with E-state index in [-0.39, 0.29) is 44.6 Å². The van der Waals surface area contributed by atoms with Crippen molar-refractivity contribution in [2.45, 2.75) is 103 Å². The summed E-state index contributed by atoms with van der Waals surface area (Å²) in [5, 5.41) is 27.5. The monoisotopic (exact) mass is 528 g/mol. The molecule has 5 nitrogen and oxygen atoms in total. The van der Waals surface area contributed by atoms with Crippen LogP contribution in [0, 0.1) is 0 Å². The Morgan fingerprint density at radius 2 is 0.794 bits per heavy atom. The van der Waals surface area contributed by atoms with Gasteiger partial charge in [0.2, 0.25) is 0 Å². The summed E-state index contributed by atoms with van der Waals surface area (Å²) < 4.78 is 0. The van der Waals surface area contributed by atoms with Gasteiger partial charge in [-0.3, -0.25) is 4.90 Å². The molecule has 0 amide bonds. The van der Waals surface area contributed by atoms with Crippen molar-refractivity contribution in [1.82, 2.24) is 9.80 Å². The Labute approximate surface area is 224 Å². The second-order valence-electron chi connectivity index (χ2n) is 9.15. The quantitative estimate of drug-likeness (QED) is 0.0971. The van der Waals surface area contributed by atoms with Gasteiger partial charge in [-0.05, 0) is 58.2 Å². The summed E-state index contributed by atoms with van der Waals surface area (Å²) in [6, 6.07) is 0. The van der Waals surface area contributed by atoms with E-state index in [0.717, 1.165) is 32.6 Å². The number of unbranched alkanes of at least 4 members (excludes halogenated alkanes) is 12. The van der Waals surface area contributed by atoms with Gasteiger partial charge in [-0.25, -0.2) is 0 Å². The minimum Gasteiger partial charge on any atom is -0.395 e. The third-order valence-corrected chi connectivity index (χ3v) is 6.18. The number of rotatable bonds is 26. The molecule has 0 spiro atoms. The van der Waals surface area contributed by atoms with Crippen molar-refractivity contribution < 1.29 is 15.3 Å². The van der Waals surface area contributed by atoms with Crippen LogP contribution in [0.15, 0.2) is 12.2 Å². The van der Waals surface area contributed by atoms with Crippen LogP contribution < -0.4 is 0 Å². The molecule has 0 unspecified atom stereocenters. The van der Waals surface area contributed by atoms with Crippen LogP contribution in [0.2, 0.25) is 0 Å². The molecule has 0 heterocycles. The van der Waals surface area contributed by atoms with Crippen LogP contribution in [0.3, 0.4) is 0 Å². The lowest BCUT2D eigenvalue weighted by molar-refractivity contribution is 0.147. The number of hydrogen-bond acceptors (Lipinski definition) is 5. The van der Waals surface area contributed by atoms with Crippen molar-refractivity contribution in [3.05, 3.63) is 12.2 Å². The zero-order valence-corrected chi connectivity index (χ0v) is 23.8. The predicted octanol–water partition coefficient (Wildman–Crippen LogP) is 5.84. The van der Waals surface area contributed by atoms with E-state index < -0.39 is 0 Å². The maximum atomic E-state index is 9.32. The molecule has 0 aromatic heterocycles. The van der Waals surface area contributed by atoms with Gasteiger partial charge in [0.15, 0.2) is 0 Å². The molecular formula is C27H58Cl2N2O3. The summed E-state index contributed by atoms with van der Waals surface area (Å²) in [5.41, 5.74) is 0. The van der Waals surface area contributed by atoms with E-state index in [1.54, 1.807) is 0 Å². The van der Waals surface area contributed by atoms with Gasteiger partial charge in [0, 0.05) is 19.6 Å². The summed E-state index contributed by atoms with van der Waals surface area (Å²) in [7, 11) is 0. The number of hydrogen-bond donors (Lipinski definition) is 3. The van der Waals surface area contributed by atoms with Crippen LogP contribution in [-0.2, 0) is 0 Å². The Balaban J connectivity index is -0.00000480. The number of aliphatic hydroxyl groups is 3. The maximum absolute atomic E-state index is 9.32. The van der Waals surface area contributed by atoms with E-state index >= 15 is 0 Å². The first-order chi connectivity index (χ1) is 15.8. The van der Waals surface area contributed by atoms with E-state index in [1.165, 1.54) is 89.9 Å². The molecule has 0 aliphatic carbocycles. The fraction of sp³-hybridized carbons (Fsp3) is 0.926. The predicted molar refractivity (Wildman–Crippen MR) is 153 cm³/mol. The standard InChI is InChI=1S/C27H56N2O3.2ClH/c1-2-3-4-5-6-7-8-9-10-11-12-13-14-15-16-17-19-28(22-25-30)20-18-21-29(23-26-31)24-27-32;;/h9-10,30-32H,2-8,11-27H2,1H3;2*1H/b10-9-;;. The number of halogens is 2. The molecule has 0 radical (unpaired) electrons. The molecule has 0 atom stereocenters. The topological polar surface area (TPSA) is 67.2 Å². The first-order valence-corrected chi connectivity index (χ1v) is 13.7. The van der Waals surface area contributed by atoms with Crippen molar-refractivity contribution in [1.29, 1.82) is 0 Å². The van der Waals surface area contributed by atoms with Crippen molar-refractivity contribution in [2.75, 3.05) is 59.1 Å². The summed E-state index contributed by atoms with van der Waals surface area (Å²) in [5.74, 6) is 0. The highest BCUT2D eigenvalue weighted by molar-refractivity contribution is 5.85. The molecule has 34 heavy (non-hydrogen) atoms. The molecule has 0 bridgehead atoms. The molecule has 0 fully saturated rings. The molecule has 208 valence electrons. The first-order valence-electron chi connectivity index (χ1n) is 13.7. The largest absolute Gasteiger partial charge is 0.395 e. The second kappa shape index (κ2) is 33.1. The maximum Gasteiger partial charge on any atom is 0.0558 e. The van der Waals surface area contributed by atoms with Crippen molar-refractivity contribution in [2.24, 2.45) is 0 Å². The third kappa shape index (κ3) is 28.4. The van der Waals surface area contributed by atoms with E-state index in [4.69, 9.17) is 10.2 Å². The highest BCUT2D eigenvalue weighted by atomic mass is 35.5. The summed E-state index contributed by atoms with van der Waals surface area (Å²) in [6.07, 6.45) is 24.4.